The molecular formula is C44H32Cl4F6N8O6. The second kappa shape index (κ2) is 21.5. The van der Waals surface area contributed by atoms with Crippen molar-refractivity contribution in [3.8, 4) is 0 Å². The van der Waals surface area contributed by atoms with Gasteiger partial charge in [0, 0.05) is 32.5 Å². The number of benzene rings is 5. The molecule has 0 radical (unpaired) electrons. The fourth-order valence-electron chi connectivity index (χ4n) is 6.13. The van der Waals surface area contributed by atoms with Crippen molar-refractivity contribution in [1.29, 1.82) is 0 Å². The Hall–Kier alpha value is -6.74. The van der Waals surface area contributed by atoms with Crippen molar-refractivity contribution in [3.05, 3.63) is 138 Å². The second-order valence-corrected chi connectivity index (χ2v) is 16.2. The molecule has 4 amide bonds. The number of azo groups is 2. The van der Waals surface area contributed by atoms with Crippen LogP contribution in [0.5, 0.6) is 0 Å². The third kappa shape index (κ3) is 13.0. The van der Waals surface area contributed by atoms with Crippen molar-refractivity contribution in [3.63, 3.8) is 0 Å². The molecule has 0 fully saturated rings. The number of halogens is 10. The number of nitrogens with one attached hydrogen (secondary N) is 4. The van der Waals surface area contributed by atoms with Crippen LogP contribution in [0.4, 0.5) is 60.5 Å². The minimum absolute atomic E-state index is 0.0866. The molecule has 0 aliphatic heterocycles. The zero-order valence-electron chi connectivity index (χ0n) is 35.3. The maximum absolute atomic E-state index is 13.7. The van der Waals surface area contributed by atoms with Crippen LogP contribution >= 0.6 is 46.4 Å². The normalized spacial score (nSPS) is 12.7. The zero-order valence-corrected chi connectivity index (χ0v) is 38.3. The Morgan fingerprint density at radius 2 is 0.853 bits per heavy atom. The molecule has 68 heavy (non-hydrogen) atoms. The molecule has 0 saturated heterocycles. The predicted octanol–water partition coefficient (Wildman–Crippen LogP) is 12.8. The first-order chi connectivity index (χ1) is 31.7. The summed E-state index contributed by atoms with van der Waals surface area (Å²) in [5, 5.41) is 23.4. The van der Waals surface area contributed by atoms with Crippen LogP contribution in [0, 0.1) is 13.8 Å². The molecule has 0 bridgehead atoms. The van der Waals surface area contributed by atoms with Gasteiger partial charge < -0.3 is 21.3 Å². The van der Waals surface area contributed by atoms with Gasteiger partial charge in [0.15, 0.2) is 11.6 Å². The molecular weight excluding hydrogens is 992 g/mol. The molecule has 4 N–H and O–H groups in total. The lowest BCUT2D eigenvalue weighted by Gasteiger charge is -2.17. The highest BCUT2D eigenvalue weighted by Gasteiger charge is 2.38. The fraction of sp³-hybridized carbons (Fsp3) is 0.182. The Balaban J connectivity index is 1.28. The molecule has 2 unspecified atom stereocenters. The number of rotatable bonds is 14. The summed E-state index contributed by atoms with van der Waals surface area (Å²) in [6, 6.07) is 12.6. The van der Waals surface area contributed by atoms with E-state index in [9.17, 15) is 55.1 Å². The molecule has 14 nitrogen and oxygen atoms in total. The summed E-state index contributed by atoms with van der Waals surface area (Å²) in [7, 11) is 0. The van der Waals surface area contributed by atoms with E-state index >= 15 is 0 Å². The highest BCUT2D eigenvalue weighted by molar-refractivity contribution is 6.33. The van der Waals surface area contributed by atoms with Gasteiger partial charge in [0.25, 0.3) is 23.6 Å². The number of anilines is 4. The van der Waals surface area contributed by atoms with E-state index in [0.29, 0.717) is 11.1 Å². The molecule has 5 rings (SSSR count). The molecule has 0 aliphatic carbocycles. The van der Waals surface area contributed by atoms with Crippen LogP contribution in [0.3, 0.4) is 0 Å². The van der Waals surface area contributed by atoms with Crippen LogP contribution in [0.25, 0.3) is 0 Å². The van der Waals surface area contributed by atoms with Crippen molar-refractivity contribution < 1.29 is 55.1 Å². The molecule has 5 aromatic rings. The van der Waals surface area contributed by atoms with E-state index in [4.69, 9.17) is 46.4 Å². The van der Waals surface area contributed by atoms with Crippen LogP contribution in [0.2, 0.25) is 20.1 Å². The highest BCUT2D eigenvalue weighted by Crippen LogP contribution is 2.41. The monoisotopic (exact) mass is 1020 g/mol. The molecule has 354 valence electrons. The van der Waals surface area contributed by atoms with Gasteiger partial charge in [-0.2, -0.15) is 46.8 Å². The van der Waals surface area contributed by atoms with Gasteiger partial charge >= 0.3 is 12.4 Å². The van der Waals surface area contributed by atoms with Gasteiger partial charge in [-0.25, -0.2) is 0 Å². The quantitative estimate of drug-likeness (QED) is 0.0484. The largest absolute Gasteiger partial charge is 0.419 e. The molecule has 0 heterocycles. The number of carbonyl (C=O) groups excluding carboxylic acids is 6. The third-order valence-corrected chi connectivity index (χ3v) is 10.6. The first-order valence-corrected chi connectivity index (χ1v) is 20.8. The molecule has 0 spiro atoms. The molecule has 5 aromatic carbocycles. The maximum atomic E-state index is 13.7. The van der Waals surface area contributed by atoms with E-state index in [0.717, 1.165) is 62.4 Å². The lowest BCUT2D eigenvalue weighted by molar-refractivity contribution is -0.137. The number of hydrogen-bond acceptors (Lipinski definition) is 10. The van der Waals surface area contributed by atoms with Crippen LogP contribution in [-0.2, 0) is 31.5 Å². The minimum Gasteiger partial charge on any atom is -0.324 e. The van der Waals surface area contributed by atoms with Gasteiger partial charge in [0.2, 0.25) is 12.1 Å². The summed E-state index contributed by atoms with van der Waals surface area (Å²) in [4.78, 5) is 78.0. The Kier molecular flexibility index (Phi) is 16.5. The van der Waals surface area contributed by atoms with Crippen molar-refractivity contribution in [1.82, 2.24) is 0 Å². The van der Waals surface area contributed by atoms with Crippen molar-refractivity contribution >= 4 is 116 Å². The molecule has 0 aromatic heterocycles. The number of carbonyl (C=O) groups is 6. The number of Topliss-reactive ketones (excluding diaryl/α,β-unsaturated/α-hetero) is 2. The Labute approximate surface area is 401 Å². The van der Waals surface area contributed by atoms with E-state index in [1.807, 2.05) is 0 Å². The number of nitrogens with zero attached hydrogens (tertiary/aromatic N) is 4. The summed E-state index contributed by atoms with van der Waals surface area (Å²) in [6.45, 7) is 5.25. The van der Waals surface area contributed by atoms with Gasteiger partial charge in [-0.05, 0) is 112 Å². The van der Waals surface area contributed by atoms with E-state index in [2.05, 4.69) is 41.7 Å². The summed E-state index contributed by atoms with van der Waals surface area (Å²) >= 11 is 23.8. The maximum Gasteiger partial charge on any atom is 0.419 e. The Morgan fingerprint density at radius 1 is 0.500 bits per heavy atom. The summed E-state index contributed by atoms with van der Waals surface area (Å²) in [6.07, 6.45) is -9.80. The smallest absolute Gasteiger partial charge is 0.324 e. The third-order valence-electron chi connectivity index (χ3n) is 9.53. The Bertz CT molecular complexity index is 2740. The van der Waals surface area contributed by atoms with Crippen LogP contribution in [0.15, 0.2) is 105 Å². The number of ketones is 2. The average molecular weight is 1020 g/mol. The standard InChI is InChI=1S/C44H32Cl4F6N8O6/c1-19-20(2)32(56-42(68)38(22(4)64)62-60-28-16-24(14-26(46)18-28)40(66)58-34-10-6-8-30(48)36(34)44(52,53)54)12-11-31(19)55-41(67)37(21(3)63)61-59-27-15-23(13-25(45)17-27)39(65)57-33-9-5-7-29(47)35(33)43(49,50)51/h5-18,37-38H,1-4H3,(H,55,67)(H,56,68)(H,57,65)(H,58,66). The van der Waals surface area contributed by atoms with E-state index in [-0.39, 0.29) is 43.9 Å². The number of alkyl halides is 6. The number of amides is 4. The van der Waals surface area contributed by atoms with Gasteiger partial charge in [0.1, 0.15) is 0 Å². The SMILES string of the molecule is CC(=O)C(N=Nc1cc(Cl)cc(C(=O)Nc2cccc(Cl)c2C(F)(F)F)c1)C(=O)Nc1ccc(NC(=O)C(N=Nc2cc(Cl)cc(C(=O)Nc3cccc(Cl)c3C(F)(F)F)c2)C(C)=O)c(C)c1C. The van der Waals surface area contributed by atoms with E-state index in [1.165, 1.54) is 36.4 Å². The highest BCUT2D eigenvalue weighted by atomic mass is 35.5. The fourth-order valence-corrected chi connectivity index (χ4v) is 7.15. The van der Waals surface area contributed by atoms with Gasteiger partial charge in [-0.15, -0.1) is 0 Å². The Morgan fingerprint density at radius 3 is 1.18 bits per heavy atom. The molecule has 0 aliphatic rings. The topological polar surface area (TPSA) is 200 Å². The van der Waals surface area contributed by atoms with Crippen LogP contribution in [0.1, 0.15) is 56.8 Å². The lowest BCUT2D eigenvalue weighted by Crippen LogP contribution is -2.33. The van der Waals surface area contributed by atoms with E-state index in [1.54, 1.807) is 13.8 Å². The molecule has 24 heteroatoms. The number of hydrogen-bond donors (Lipinski definition) is 4. The molecule has 0 saturated carbocycles. The second-order valence-electron chi connectivity index (χ2n) is 14.5. The lowest BCUT2D eigenvalue weighted by atomic mass is 10.0. The predicted molar refractivity (Wildman–Crippen MR) is 243 cm³/mol. The molecule has 2 atom stereocenters. The first-order valence-electron chi connectivity index (χ1n) is 19.2. The first kappa shape index (κ1) is 52.2. The van der Waals surface area contributed by atoms with Crippen LogP contribution < -0.4 is 21.3 Å². The van der Waals surface area contributed by atoms with Gasteiger partial charge in [0.05, 0.1) is 43.9 Å². The summed E-state index contributed by atoms with van der Waals surface area (Å²) < 4.78 is 81.9. The minimum atomic E-state index is -4.90. The van der Waals surface area contributed by atoms with Crippen LogP contribution in [-0.4, -0.2) is 47.3 Å². The average Bonchev–Trinajstić information content (AvgIpc) is 3.22. The van der Waals surface area contributed by atoms with Gasteiger partial charge in [-0.3, -0.25) is 28.8 Å². The van der Waals surface area contributed by atoms with Crippen molar-refractivity contribution in [2.24, 2.45) is 20.5 Å². The van der Waals surface area contributed by atoms with Crippen molar-refractivity contribution in [2.45, 2.75) is 52.1 Å². The zero-order chi connectivity index (χ0) is 50.4. The summed E-state index contributed by atoms with van der Waals surface area (Å²) in [5.74, 6) is -5.46. The van der Waals surface area contributed by atoms with Crippen molar-refractivity contribution in [2.75, 3.05) is 21.3 Å². The van der Waals surface area contributed by atoms with Gasteiger partial charge in [-0.1, -0.05) is 58.5 Å². The summed E-state index contributed by atoms with van der Waals surface area (Å²) in [5.41, 5.74) is -3.45. The van der Waals surface area contributed by atoms with E-state index < -0.39 is 92.2 Å².